The number of likely N-dealkylation sites (N-methyl/N-ethyl adjacent to an activating group) is 1. The number of aliphatic hydroxyl groups is 2. The van der Waals surface area contributed by atoms with Crippen LogP contribution in [-0.4, -0.2) is 180 Å². The van der Waals surface area contributed by atoms with Gasteiger partial charge in [0.15, 0.2) is 0 Å². The van der Waals surface area contributed by atoms with Crippen LogP contribution in [0.2, 0.25) is 0 Å². The molecule has 17 N–H and O–H groups in total. The van der Waals surface area contributed by atoms with Crippen molar-refractivity contribution in [2.45, 2.75) is 200 Å². The molecular weight excluding hydrogens is 1120 g/mol. The summed E-state index contributed by atoms with van der Waals surface area (Å²) in [6.07, 6.45) is -1.42. The first-order valence-corrected chi connectivity index (χ1v) is 29.3. The lowest BCUT2D eigenvalue weighted by Crippen LogP contribution is -2.63. The van der Waals surface area contributed by atoms with Gasteiger partial charge in [-0.3, -0.25) is 57.5 Å². The molecule has 0 radical (unpaired) electrons. The Hall–Kier alpha value is -7.79. The Labute approximate surface area is 502 Å². The number of aliphatic hydroxyl groups excluding tert-OH is 2. The zero-order valence-electron chi connectivity index (χ0n) is 51.2. The molecule has 86 heavy (non-hydrogen) atoms. The van der Waals surface area contributed by atoms with Crippen molar-refractivity contribution in [2.24, 2.45) is 35.1 Å². The maximum atomic E-state index is 14.4. The number of carbonyl (C=O) groups is 13. The summed E-state index contributed by atoms with van der Waals surface area (Å²) in [4.78, 5) is 176. The molecule has 0 bridgehead atoms. The molecule has 1 saturated heterocycles. The summed E-state index contributed by atoms with van der Waals surface area (Å²) in [6, 6.07) is -6.72. The minimum atomic E-state index is -1.84. The van der Waals surface area contributed by atoms with Crippen molar-refractivity contribution < 1.29 is 77.3 Å². The molecule has 0 spiro atoms. The zero-order chi connectivity index (χ0) is 65.1. The van der Waals surface area contributed by atoms with Crippen molar-refractivity contribution in [2.75, 3.05) is 20.3 Å². The predicted octanol–water partition coefficient (Wildman–Crippen LogP) is -3.67. The summed E-state index contributed by atoms with van der Waals surface area (Å²) in [5, 5.41) is 48.8. The van der Waals surface area contributed by atoms with Crippen LogP contribution in [0, 0.1) is 23.7 Å². The molecular formula is C57H93N13O16. The molecule has 0 aliphatic carbocycles. The molecule has 1 aliphatic rings. The smallest absolute Gasteiger partial charge is 0.329 e. The van der Waals surface area contributed by atoms with E-state index in [-0.39, 0.29) is 25.7 Å². The molecule has 1 aromatic rings. The Bertz CT molecular complexity index is 2510. The van der Waals surface area contributed by atoms with Crippen LogP contribution < -0.4 is 70.0 Å². The third kappa shape index (κ3) is 23.2. The van der Waals surface area contributed by atoms with Gasteiger partial charge in [-0.1, -0.05) is 111 Å². The standard InChI is InChI=1S/C57H93N13O16/c1-12-28(5)42(67-50(78)37(60-11)25-34-19-17-16-18-20-34)53(81)64-38(26-71)51(79)63-36(22-24-41(59)74)48(76)66-44(30(7)14-3)55(83)68-43(29(6)13-2)54(82)65-39(27-72)52(80)70-46-33(10)86-57(85)45(31(8)15-4)69-49(77)35(21-23-40(58)73)62-47(75)32(9)61-56(46)84/h16-20,28-33,35-39,42-46,60,71-72H,12-15,21-27H2,1-11H3,(H2,58,73)(H2,59,74)(H,61,84)(H,62,75)(H,63,79)(H,64,81)(H,65,82)(H,66,76)(H,67,78)(H,68,83)(H,69,77)(H,70,80)/t28-,29-,30+,31-,32-,33-,35-,36+,37+,38-,39-,42-,43-,44+,45-,46+/m0/s1. The van der Waals surface area contributed by atoms with Gasteiger partial charge in [-0.15, -0.1) is 0 Å². The number of rotatable bonds is 33. The number of nitrogens with one attached hydrogen (secondary N) is 11. The first-order valence-electron chi connectivity index (χ1n) is 29.3. The van der Waals surface area contributed by atoms with Gasteiger partial charge in [0.05, 0.1) is 19.3 Å². The van der Waals surface area contributed by atoms with Crippen molar-refractivity contribution in [3.8, 4) is 0 Å². The molecule has 29 heteroatoms. The molecule has 0 unspecified atom stereocenters. The summed E-state index contributed by atoms with van der Waals surface area (Å²) in [5.41, 5.74) is 11.6. The van der Waals surface area contributed by atoms with E-state index in [1.807, 2.05) is 30.3 Å². The first kappa shape index (κ1) is 74.3. The Kier molecular flexibility index (Phi) is 31.9. The van der Waals surface area contributed by atoms with Crippen LogP contribution in [0.5, 0.6) is 0 Å². The molecule has 1 heterocycles. The summed E-state index contributed by atoms with van der Waals surface area (Å²) >= 11 is 0. The Morgan fingerprint density at radius 2 is 1.01 bits per heavy atom. The van der Waals surface area contributed by atoms with Crippen LogP contribution in [0.4, 0.5) is 0 Å². The van der Waals surface area contributed by atoms with E-state index in [1.165, 1.54) is 13.8 Å². The number of esters is 1. The number of hydrogen-bond acceptors (Lipinski definition) is 17. The number of cyclic esters (lactones) is 1. The quantitative estimate of drug-likeness (QED) is 0.0302. The van der Waals surface area contributed by atoms with Crippen molar-refractivity contribution in [3.63, 3.8) is 0 Å². The maximum absolute atomic E-state index is 14.4. The number of nitrogens with two attached hydrogens (primary N) is 2. The molecule has 16 atom stereocenters. The number of primary amides is 2. The van der Waals surface area contributed by atoms with Gasteiger partial charge < -0.3 is 84.9 Å². The van der Waals surface area contributed by atoms with Crippen LogP contribution in [0.15, 0.2) is 30.3 Å². The number of carbonyl (C=O) groups excluding carboxylic acids is 13. The summed E-state index contributed by atoms with van der Waals surface area (Å²) in [5.74, 6) is -14.4. The minimum Gasteiger partial charge on any atom is -0.458 e. The molecule has 1 aliphatic heterocycles. The van der Waals surface area contributed by atoms with Crippen molar-refractivity contribution >= 4 is 76.9 Å². The second-order valence-electron chi connectivity index (χ2n) is 22.0. The summed E-state index contributed by atoms with van der Waals surface area (Å²) in [7, 11) is 1.59. The van der Waals surface area contributed by atoms with Crippen LogP contribution in [0.1, 0.15) is 126 Å². The molecule has 2 rings (SSSR count). The third-order valence-electron chi connectivity index (χ3n) is 15.5. The second kappa shape index (κ2) is 36.9. The number of ether oxygens (including phenoxy) is 1. The van der Waals surface area contributed by atoms with Gasteiger partial charge in [-0.05, 0) is 69.4 Å². The molecule has 482 valence electrons. The highest BCUT2D eigenvalue weighted by Crippen LogP contribution is 2.17. The molecule has 1 aromatic carbocycles. The fourth-order valence-electron chi connectivity index (χ4n) is 8.89. The van der Waals surface area contributed by atoms with Gasteiger partial charge in [0.1, 0.15) is 66.5 Å². The van der Waals surface area contributed by atoms with E-state index >= 15 is 0 Å². The van der Waals surface area contributed by atoms with E-state index in [0.29, 0.717) is 19.3 Å². The van der Waals surface area contributed by atoms with Gasteiger partial charge in [-0.2, -0.15) is 0 Å². The second-order valence-corrected chi connectivity index (χ2v) is 22.0. The van der Waals surface area contributed by atoms with E-state index in [0.717, 1.165) is 5.56 Å². The lowest BCUT2D eigenvalue weighted by molar-refractivity contribution is -0.157. The molecule has 1 fully saturated rings. The van der Waals surface area contributed by atoms with Crippen LogP contribution in [0.25, 0.3) is 0 Å². The third-order valence-corrected chi connectivity index (χ3v) is 15.5. The molecule has 12 amide bonds. The fraction of sp³-hybridized carbons (Fsp3) is 0.667. The van der Waals surface area contributed by atoms with Crippen LogP contribution in [-0.2, 0) is 73.5 Å². The lowest BCUT2D eigenvalue weighted by atomic mass is 9.94. The molecule has 29 nitrogen and oxygen atoms in total. The molecule has 0 saturated carbocycles. The number of hydrogen-bond donors (Lipinski definition) is 15. The van der Waals surface area contributed by atoms with Crippen molar-refractivity contribution in [1.82, 2.24) is 58.5 Å². The zero-order valence-corrected chi connectivity index (χ0v) is 51.2. The lowest BCUT2D eigenvalue weighted by Gasteiger charge is -2.31. The van der Waals surface area contributed by atoms with Gasteiger partial charge in [-0.25, -0.2) is 4.79 Å². The average molecular weight is 1220 g/mol. The fourth-order valence-corrected chi connectivity index (χ4v) is 8.89. The predicted molar refractivity (Wildman–Crippen MR) is 312 cm³/mol. The number of benzene rings is 1. The summed E-state index contributed by atoms with van der Waals surface area (Å²) < 4.78 is 5.65. The van der Waals surface area contributed by atoms with Crippen LogP contribution >= 0.6 is 0 Å². The maximum Gasteiger partial charge on any atom is 0.329 e. The SMILES string of the molecule is CC[C@@H](C)[C@@H](NC(=O)[C@@H](CCC(N)=O)NC(=O)[C@H](CO)NC(=O)[C@@H](NC(=O)[C@@H](Cc1ccccc1)NC)[C@@H](C)CC)C(=O)N[C@H](C(=O)N[C@@H](CO)C(=O)N[C@H]1C(=O)N[C@@H](C)C(=O)N[C@@H](CCC(N)=O)C(=O)N[C@@H]([C@@H](C)CC)C(=O)O[C@H]1C)[C@@H](C)CC. The molecule has 0 aromatic heterocycles. The largest absolute Gasteiger partial charge is 0.458 e. The van der Waals surface area contributed by atoms with E-state index in [2.05, 4.69) is 58.5 Å². The average Bonchev–Trinajstić information content (AvgIpc) is 3.50. The highest BCUT2D eigenvalue weighted by molar-refractivity contribution is 5.99. The normalized spacial score (nSPS) is 21.3. The van der Waals surface area contributed by atoms with E-state index in [1.54, 1.807) is 62.4 Å². The van der Waals surface area contributed by atoms with Gasteiger partial charge in [0, 0.05) is 12.8 Å². The monoisotopic (exact) mass is 1220 g/mol. The highest BCUT2D eigenvalue weighted by atomic mass is 16.5. The van der Waals surface area contributed by atoms with Gasteiger partial charge in [0.2, 0.25) is 70.9 Å². The topological polar surface area (TPSA) is 456 Å². The van der Waals surface area contributed by atoms with E-state index < -0.39 is 199 Å². The number of amides is 12. The van der Waals surface area contributed by atoms with Gasteiger partial charge in [0.25, 0.3) is 0 Å². The van der Waals surface area contributed by atoms with Crippen LogP contribution in [0.3, 0.4) is 0 Å². The Morgan fingerprint density at radius 3 is 1.48 bits per heavy atom. The Morgan fingerprint density at radius 1 is 0.558 bits per heavy atom. The van der Waals surface area contributed by atoms with Gasteiger partial charge >= 0.3 is 5.97 Å². The highest BCUT2D eigenvalue weighted by Gasteiger charge is 2.41. The van der Waals surface area contributed by atoms with E-state index in [9.17, 15) is 72.5 Å². The summed E-state index contributed by atoms with van der Waals surface area (Å²) in [6.45, 7) is 13.9. The van der Waals surface area contributed by atoms with E-state index in [4.69, 9.17) is 16.2 Å². The first-order chi connectivity index (χ1) is 40.5. The van der Waals surface area contributed by atoms with Crippen molar-refractivity contribution in [1.29, 1.82) is 0 Å². The van der Waals surface area contributed by atoms with Crippen molar-refractivity contribution in [3.05, 3.63) is 35.9 Å². The Balaban J connectivity index is 2.41. The minimum absolute atomic E-state index is 0.245.